The van der Waals surface area contributed by atoms with Gasteiger partial charge in [-0.3, -0.25) is 15.0 Å². The van der Waals surface area contributed by atoms with Crippen molar-refractivity contribution in [2.24, 2.45) is 11.8 Å². The molecule has 2 aliphatic rings. The second-order valence-electron chi connectivity index (χ2n) is 4.63. The Morgan fingerprint density at radius 1 is 1.45 bits per heavy atom. The lowest BCUT2D eigenvalue weighted by atomic mass is 10.1. The number of Topliss-reactive ketones (excluding diaryl/α,β-unsaturated/α-hetero) is 1. The standard InChI is InChI=1S/C12H13F3N2O3/c1-2-20-7(18)4-17-9-8(11(16)12(13,14)15)5-3-6(5)10(9)19/h5-6,16-17H,2-4H2,1H3/t5?,6-/m1/s1. The van der Waals surface area contributed by atoms with Gasteiger partial charge in [0.25, 0.3) is 0 Å². The van der Waals surface area contributed by atoms with Crippen molar-refractivity contribution >= 4 is 17.5 Å². The Bertz CT molecular complexity index is 511. The third-order valence-electron chi connectivity index (χ3n) is 3.28. The van der Waals surface area contributed by atoms with Crippen LogP contribution in [0.2, 0.25) is 0 Å². The highest BCUT2D eigenvalue weighted by molar-refractivity contribution is 6.16. The summed E-state index contributed by atoms with van der Waals surface area (Å²) in [5, 5.41) is 9.59. The van der Waals surface area contributed by atoms with E-state index in [0.29, 0.717) is 6.42 Å². The SMILES string of the molecule is CCOC(=O)CNC1=C(C(=N)C(F)(F)F)C2C[C@H]2C1=O. The summed E-state index contributed by atoms with van der Waals surface area (Å²) in [6.45, 7) is 1.35. The number of nitrogens with one attached hydrogen (secondary N) is 2. The molecule has 0 aromatic carbocycles. The van der Waals surface area contributed by atoms with Gasteiger partial charge < -0.3 is 10.1 Å². The van der Waals surface area contributed by atoms with Crippen LogP contribution in [0.15, 0.2) is 11.3 Å². The fourth-order valence-corrected chi connectivity index (χ4v) is 2.33. The summed E-state index contributed by atoms with van der Waals surface area (Å²) in [6, 6.07) is 0. The lowest BCUT2D eigenvalue weighted by molar-refractivity contribution is -0.141. The maximum absolute atomic E-state index is 12.6. The second-order valence-corrected chi connectivity index (χ2v) is 4.63. The summed E-state index contributed by atoms with van der Waals surface area (Å²) in [5.41, 5.74) is -2.10. The molecule has 0 bridgehead atoms. The van der Waals surface area contributed by atoms with E-state index in [1.165, 1.54) is 0 Å². The zero-order valence-electron chi connectivity index (χ0n) is 10.6. The molecular formula is C12H13F3N2O3. The van der Waals surface area contributed by atoms with Crippen molar-refractivity contribution in [3.05, 3.63) is 11.3 Å². The van der Waals surface area contributed by atoms with E-state index in [1.807, 2.05) is 0 Å². The number of rotatable bonds is 5. The lowest BCUT2D eigenvalue weighted by Crippen LogP contribution is -2.32. The Morgan fingerprint density at radius 2 is 2.10 bits per heavy atom. The lowest BCUT2D eigenvalue weighted by Gasteiger charge is -2.14. The zero-order valence-corrected chi connectivity index (χ0v) is 10.6. The minimum atomic E-state index is -4.80. The molecule has 1 unspecified atom stereocenters. The predicted octanol–water partition coefficient (Wildman–Crippen LogP) is 1.19. The number of allylic oxidation sites excluding steroid dienone is 2. The highest BCUT2D eigenvalue weighted by atomic mass is 19.4. The van der Waals surface area contributed by atoms with Crippen LogP contribution < -0.4 is 5.32 Å². The predicted molar refractivity (Wildman–Crippen MR) is 62.0 cm³/mol. The van der Waals surface area contributed by atoms with Crippen molar-refractivity contribution in [2.45, 2.75) is 19.5 Å². The molecule has 2 N–H and O–H groups in total. The largest absolute Gasteiger partial charge is 0.465 e. The van der Waals surface area contributed by atoms with Gasteiger partial charge in [-0.1, -0.05) is 0 Å². The monoisotopic (exact) mass is 290 g/mol. The molecule has 5 nitrogen and oxygen atoms in total. The maximum atomic E-state index is 12.6. The van der Waals surface area contributed by atoms with Crippen molar-refractivity contribution in [3.63, 3.8) is 0 Å². The van der Waals surface area contributed by atoms with E-state index in [4.69, 9.17) is 5.41 Å². The average molecular weight is 290 g/mol. The van der Waals surface area contributed by atoms with Crippen molar-refractivity contribution < 1.29 is 27.5 Å². The Morgan fingerprint density at radius 3 is 2.65 bits per heavy atom. The number of carbonyl (C=O) groups is 2. The first-order valence-corrected chi connectivity index (χ1v) is 6.11. The van der Waals surface area contributed by atoms with Crippen molar-refractivity contribution in [2.75, 3.05) is 13.2 Å². The molecule has 110 valence electrons. The Labute approximate surface area is 112 Å². The minimum absolute atomic E-state index is 0.143. The van der Waals surface area contributed by atoms with Crippen LogP contribution in [0.3, 0.4) is 0 Å². The van der Waals surface area contributed by atoms with Gasteiger partial charge in [-0.25, -0.2) is 0 Å². The first kappa shape index (κ1) is 14.5. The van der Waals surface area contributed by atoms with Gasteiger partial charge in [0.2, 0.25) is 0 Å². The molecule has 0 saturated heterocycles. The number of esters is 1. The molecule has 0 heterocycles. The van der Waals surface area contributed by atoms with Crippen LogP contribution >= 0.6 is 0 Å². The molecule has 1 saturated carbocycles. The molecule has 0 radical (unpaired) electrons. The molecule has 2 atom stereocenters. The molecule has 2 rings (SSSR count). The molecule has 1 fully saturated rings. The van der Waals surface area contributed by atoms with Crippen LogP contribution in [-0.2, 0) is 14.3 Å². The molecule has 0 aromatic rings. The van der Waals surface area contributed by atoms with Gasteiger partial charge in [0, 0.05) is 11.5 Å². The summed E-state index contributed by atoms with van der Waals surface area (Å²) in [6.07, 6.45) is -4.46. The van der Waals surface area contributed by atoms with Gasteiger partial charge in [0.1, 0.15) is 12.3 Å². The molecule has 0 amide bonds. The van der Waals surface area contributed by atoms with Gasteiger partial charge >= 0.3 is 12.1 Å². The number of fused-ring (bicyclic) bond motifs is 1. The van der Waals surface area contributed by atoms with E-state index in [2.05, 4.69) is 10.1 Å². The van der Waals surface area contributed by atoms with Crippen LogP contribution in [-0.4, -0.2) is 36.8 Å². The summed E-state index contributed by atoms with van der Waals surface area (Å²) < 4.78 is 42.5. The fourth-order valence-electron chi connectivity index (χ4n) is 2.33. The van der Waals surface area contributed by atoms with E-state index >= 15 is 0 Å². The van der Waals surface area contributed by atoms with Crippen molar-refractivity contribution in [3.8, 4) is 0 Å². The van der Waals surface area contributed by atoms with Crippen LogP contribution in [0, 0.1) is 17.2 Å². The summed E-state index contributed by atoms with van der Waals surface area (Å²) in [4.78, 5) is 23.0. The first-order chi connectivity index (χ1) is 9.27. The van der Waals surface area contributed by atoms with Crippen LogP contribution in [0.5, 0.6) is 0 Å². The van der Waals surface area contributed by atoms with Gasteiger partial charge in [0.05, 0.1) is 12.3 Å². The summed E-state index contributed by atoms with van der Waals surface area (Å²) in [7, 11) is 0. The molecule has 20 heavy (non-hydrogen) atoms. The Kier molecular flexibility index (Phi) is 3.58. The van der Waals surface area contributed by atoms with Crippen LogP contribution in [0.25, 0.3) is 0 Å². The van der Waals surface area contributed by atoms with Gasteiger partial charge in [-0.15, -0.1) is 0 Å². The van der Waals surface area contributed by atoms with E-state index in [-0.39, 0.29) is 24.4 Å². The molecule has 0 aromatic heterocycles. The molecule has 0 aliphatic heterocycles. The molecule has 0 spiro atoms. The van der Waals surface area contributed by atoms with Crippen molar-refractivity contribution in [1.29, 1.82) is 5.41 Å². The topological polar surface area (TPSA) is 79.2 Å². The number of alkyl halides is 3. The number of hydrogen-bond acceptors (Lipinski definition) is 5. The van der Waals surface area contributed by atoms with Gasteiger partial charge in [-0.05, 0) is 19.3 Å². The van der Waals surface area contributed by atoms with Crippen molar-refractivity contribution in [1.82, 2.24) is 5.32 Å². The number of ketones is 1. The van der Waals surface area contributed by atoms with Crippen LogP contribution in [0.4, 0.5) is 13.2 Å². The van der Waals surface area contributed by atoms with E-state index < -0.39 is 35.5 Å². The fraction of sp³-hybridized carbons (Fsp3) is 0.583. The number of halogens is 3. The number of hydrogen-bond donors (Lipinski definition) is 2. The van der Waals surface area contributed by atoms with E-state index in [0.717, 1.165) is 0 Å². The zero-order chi connectivity index (χ0) is 15.1. The molecular weight excluding hydrogens is 277 g/mol. The second kappa shape index (κ2) is 4.92. The third kappa shape index (κ3) is 2.54. The summed E-state index contributed by atoms with van der Waals surface area (Å²) in [5.74, 6) is -2.13. The van der Waals surface area contributed by atoms with Gasteiger partial charge in [-0.2, -0.15) is 13.2 Å². The normalized spacial score (nSPS) is 24.5. The maximum Gasteiger partial charge on any atom is 0.433 e. The van der Waals surface area contributed by atoms with E-state index in [9.17, 15) is 22.8 Å². The Balaban J connectivity index is 2.17. The highest BCUT2D eigenvalue weighted by Crippen LogP contribution is 2.53. The first-order valence-electron chi connectivity index (χ1n) is 6.11. The summed E-state index contributed by atoms with van der Waals surface area (Å²) >= 11 is 0. The third-order valence-corrected chi connectivity index (χ3v) is 3.28. The van der Waals surface area contributed by atoms with E-state index in [1.54, 1.807) is 6.92 Å². The molecule has 2 aliphatic carbocycles. The van der Waals surface area contributed by atoms with Crippen LogP contribution in [0.1, 0.15) is 13.3 Å². The quantitative estimate of drug-likeness (QED) is 0.589. The smallest absolute Gasteiger partial charge is 0.433 e. The average Bonchev–Trinajstić information content (AvgIpc) is 3.07. The molecule has 8 heteroatoms. The highest BCUT2D eigenvalue weighted by Gasteiger charge is 2.57. The Hall–Kier alpha value is -1.86. The minimum Gasteiger partial charge on any atom is -0.465 e. The number of ether oxygens (including phenoxy) is 1. The van der Waals surface area contributed by atoms with Gasteiger partial charge in [0.15, 0.2) is 5.78 Å². The number of carbonyl (C=O) groups excluding carboxylic acids is 2.